The summed E-state index contributed by atoms with van der Waals surface area (Å²) in [7, 11) is 0. The van der Waals surface area contributed by atoms with Crippen molar-refractivity contribution in [3.63, 3.8) is 0 Å². The SMILES string of the molecule is CC(Nc1ncnc2ccc(NC(=O)C=CCN3CCC(N4CCOC(=O)C4)CC3)cc12)c1ccccc1. The fourth-order valence-corrected chi connectivity index (χ4v) is 5.12. The topological polar surface area (TPSA) is 99.7 Å². The number of likely N-dealkylation sites (tertiary alicyclic amines) is 1. The van der Waals surface area contributed by atoms with Crippen molar-refractivity contribution in [3.05, 3.63) is 72.6 Å². The Balaban J connectivity index is 1.14. The Morgan fingerprint density at radius 1 is 1.13 bits per heavy atom. The van der Waals surface area contributed by atoms with Crippen LogP contribution in [0.3, 0.4) is 0 Å². The maximum Gasteiger partial charge on any atom is 0.320 e. The predicted octanol–water partition coefficient (Wildman–Crippen LogP) is 3.62. The van der Waals surface area contributed by atoms with Gasteiger partial charge in [0.2, 0.25) is 5.91 Å². The van der Waals surface area contributed by atoms with Crippen LogP contribution < -0.4 is 10.6 Å². The van der Waals surface area contributed by atoms with Gasteiger partial charge >= 0.3 is 5.97 Å². The highest BCUT2D eigenvalue weighted by Crippen LogP contribution is 2.26. The molecule has 0 aliphatic carbocycles. The minimum Gasteiger partial charge on any atom is -0.463 e. The molecule has 2 aromatic carbocycles. The summed E-state index contributed by atoms with van der Waals surface area (Å²) in [4.78, 5) is 37.6. The monoisotopic (exact) mass is 514 g/mol. The minimum atomic E-state index is -0.171. The fourth-order valence-electron chi connectivity index (χ4n) is 5.12. The van der Waals surface area contributed by atoms with Gasteiger partial charge in [-0.05, 0) is 56.6 Å². The van der Waals surface area contributed by atoms with Crippen molar-refractivity contribution in [2.75, 3.05) is 50.0 Å². The molecule has 0 bridgehead atoms. The number of benzene rings is 2. The molecule has 198 valence electrons. The van der Waals surface area contributed by atoms with E-state index in [2.05, 4.69) is 49.5 Å². The minimum absolute atomic E-state index is 0.0666. The second-order valence-electron chi connectivity index (χ2n) is 9.85. The lowest BCUT2D eigenvalue weighted by molar-refractivity contribution is -0.152. The van der Waals surface area contributed by atoms with E-state index in [1.165, 1.54) is 0 Å². The number of carbonyl (C=O) groups excluding carboxylic acids is 2. The number of esters is 1. The van der Waals surface area contributed by atoms with Crippen molar-refractivity contribution in [2.45, 2.75) is 31.8 Å². The van der Waals surface area contributed by atoms with Crippen LogP contribution in [-0.2, 0) is 14.3 Å². The number of hydrogen-bond acceptors (Lipinski definition) is 8. The third kappa shape index (κ3) is 6.54. The van der Waals surface area contributed by atoms with E-state index < -0.39 is 0 Å². The van der Waals surface area contributed by atoms with Crippen LogP contribution in [-0.4, -0.2) is 77.0 Å². The highest BCUT2D eigenvalue weighted by molar-refractivity contribution is 6.01. The molecule has 2 fully saturated rings. The van der Waals surface area contributed by atoms with Crippen molar-refractivity contribution in [1.29, 1.82) is 0 Å². The number of anilines is 2. The fraction of sp³-hybridized carbons (Fsp3) is 0.379. The molecule has 0 saturated carbocycles. The number of fused-ring (bicyclic) bond motifs is 1. The van der Waals surface area contributed by atoms with Gasteiger partial charge in [-0.15, -0.1) is 0 Å². The van der Waals surface area contributed by atoms with Gasteiger partial charge in [0.1, 0.15) is 18.8 Å². The Morgan fingerprint density at radius 3 is 2.74 bits per heavy atom. The van der Waals surface area contributed by atoms with Crippen molar-refractivity contribution in [2.24, 2.45) is 0 Å². The summed E-state index contributed by atoms with van der Waals surface area (Å²) in [5.74, 6) is 0.429. The highest BCUT2D eigenvalue weighted by atomic mass is 16.5. The molecule has 1 atom stereocenters. The molecule has 3 heterocycles. The van der Waals surface area contributed by atoms with Crippen LogP contribution in [0.4, 0.5) is 11.5 Å². The first-order valence-corrected chi connectivity index (χ1v) is 13.2. The average molecular weight is 515 g/mol. The van der Waals surface area contributed by atoms with Gasteiger partial charge in [-0.1, -0.05) is 36.4 Å². The van der Waals surface area contributed by atoms with Gasteiger partial charge in [0.25, 0.3) is 0 Å². The quantitative estimate of drug-likeness (QED) is 0.347. The van der Waals surface area contributed by atoms with Gasteiger partial charge in [0, 0.05) is 42.3 Å². The number of piperidine rings is 1. The number of ether oxygens (including phenoxy) is 1. The third-order valence-electron chi connectivity index (χ3n) is 7.24. The van der Waals surface area contributed by atoms with Crippen LogP contribution in [0.2, 0.25) is 0 Å². The van der Waals surface area contributed by atoms with Crippen LogP contribution in [0.25, 0.3) is 10.9 Å². The second kappa shape index (κ2) is 12.1. The number of hydrogen-bond donors (Lipinski definition) is 2. The summed E-state index contributed by atoms with van der Waals surface area (Å²) in [5, 5.41) is 7.28. The summed E-state index contributed by atoms with van der Waals surface area (Å²) < 4.78 is 5.05. The first-order chi connectivity index (χ1) is 18.5. The summed E-state index contributed by atoms with van der Waals surface area (Å²) in [6, 6.07) is 16.3. The normalized spacial score (nSPS) is 18.4. The zero-order chi connectivity index (χ0) is 26.3. The van der Waals surface area contributed by atoms with Crippen molar-refractivity contribution >= 4 is 34.3 Å². The molecule has 0 radical (unpaired) electrons. The average Bonchev–Trinajstić information content (AvgIpc) is 2.94. The van der Waals surface area contributed by atoms with E-state index in [-0.39, 0.29) is 17.9 Å². The lowest BCUT2D eigenvalue weighted by atomic mass is 10.0. The van der Waals surface area contributed by atoms with E-state index in [0.29, 0.717) is 24.9 Å². The molecule has 5 rings (SSSR count). The summed E-state index contributed by atoms with van der Waals surface area (Å²) in [6.45, 7) is 6.42. The zero-order valence-corrected chi connectivity index (χ0v) is 21.7. The number of nitrogens with zero attached hydrogens (tertiary/aromatic N) is 4. The second-order valence-corrected chi connectivity index (χ2v) is 9.85. The summed E-state index contributed by atoms with van der Waals surface area (Å²) >= 11 is 0. The molecular formula is C29H34N6O3. The molecule has 0 spiro atoms. The Labute approximate surface area is 222 Å². The maximum atomic E-state index is 12.6. The predicted molar refractivity (Wildman–Crippen MR) is 148 cm³/mol. The van der Waals surface area contributed by atoms with Gasteiger partial charge in [0.05, 0.1) is 12.1 Å². The van der Waals surface area contributed by atoms with Crippen LogP contribution >= 0.6 is 0 Å². The molecule has 1 unspecified atom stereocenters. The van der Waals surface area contributed by atoms with Crippen LogP contribution in [0.1, 0.15) is 31.4 Å². The van der Waals surface area contributed by atoms with E-state index in [9.17, 15) is 9.59 Å². The molecule has 1 aromatic heterocycles. The molecule has 2 aliphatic rings. The van der Waals surface area contributed by atoms with Crippen molar-refractivity contribution < 1.29 is 14.3 Å². The van der Waals surface area contributed by atoms with Gasteiger partial charge in [0.15, 0.2) is 0 Å². The van der Waals surface area contributed by atoms with Gasteiger partial charge in [-0.3, -0.25) is 19.4 Å². The van der Waals surface area contributed by atoms with Crippen molar-refractivity contribution in [3.8, 4) is 0 Å². The molecule has 2 saturated heterocycles. The molecule has 3 aromatic rings. The Bertz CT molecular complexity index is 1290. The number of rotatable bonds is 8. The highest BCUT2D eigenvalue weighted by Gasteiger charge is 2.28. The summed E-state index contributed by atoms with van der Waals surface area (Å²) in [5.41, 5.74) is 2.66. The van der Waals surface area contributed by atoms with E-state index in [0.717, 1.165) is 61.3 Å². The van der Waals surface area contributed by atoms with Gasteiger partial charge in [-0.2, -0.15) is 0 Å². The Morgan fingerprint density at radius 2 is 1.95 bits per heavy atom. The smallest absolute Gasteiger partial charge is 0.320 e. The van der Waals surface area contributed by atoms with E-state index in [4.69, 9.17) is 4.74 Å². The van der Waals surface area contributed by atoms with Crippen LogP contribution in [0.5, 0.6) is 0 Å². The molecule has 2 N–H and O–H groups in total. The zero-order valence-electron chi connectivity index (χ0n) is 21.7. The number of amides is 1. The Hall–Kier alpha value is -3.82. The molecule has 1 amide bonds. The third-order valence-corrected chi connectivity index (χ3v) is 7.24. The maximum absolute atomic E-state index is 12.6. The largest absolute Gasteiger partial charge is 0.463 e. The first-order valence-electron chi connectivity index (χ1n) is 13.2. The van der Waals surface area contributed by atoms with Gasteiger partial charge < -0.3 is 15.4 Å². The molecule has 38 heavy (non-hydrogen) atoms. The summed E-state index contributed by atoms with van der Waals surface area (Å²) in [6.07, 6.45) is 7.09. The molecule has 9 heteroatoms. The van der Waals surface area contributed by atoms with E-state index in [1.807, 2.05) is 42.5 Å². The number of nitrogens with one attached hydrogen (secondary N) is 2. The first kappa shape index (κ1) is 25.8. The lowest BCUT2D eigenvalue weighted by Gasteiger charge is -2.39. The van der Waals surface area contributed by atoms with Gasteiger partial charge in [-0.25, -0.2) is 9.97 Å². The van der Waals surface area contributed by atoms with Crippen LogP contribution in [0.15, 0.2) is 67.0 Å². The Kier molecular flexibility index (Phi) is 8.25. The number of carbonyl (C=O) groups is 2. The number of cyclic esters (lactones) is 1. The number of aromatic nitrogens is 2. The van der Waals surface area contributed by atoms with E-state index in [1.54, 1.807) is 12.4 Å². The standard InChI is InChI=1S/C29H34N6O3/c1-21(22-6-3-2-4-7-22)32-29-25-18-23(9-10-26(25)30-20-31-29)33-27(36)8-5-13-34-14-11-24(12-15-34)35-16-17-38-28(37)19-35/h2-10,18,20-21,24H,11-17,19H2,1H3,(H,33,36)(H,30,31,32). The molecule has 2 aliphatic heterocycles. The molecular weight excluding hydrogens is 480 g/mol. The molecule has 9 nitrogen and oxygen atoms in total. The lowest BCUT2D eigenvalue weighted by Crippen LogP contribution is -2.50. The number of morpholine rings is 1. The van der Waals surface area contributed by atoms with E-state index >= 15 is 0 Å². The van der Waals surface area contributed by atoms with Crippen molar-refractivity contribution in [1.82, 2.24) is 19.8 Å². The van der Waals surface area contributed by atoms with Crippen LogP contribution in [0, 0.1) is 0 Å².